The fraction of sp³-hybridized carbons (Fsp3) is 0.500. The van der Waals surface area contributed by atoms with Gasteiger partial charge in [-0.15, -0.1) is 0 Å². The van der Waals surface area contributed by atoms with Crippen LogP contribution in [0.2, 0.25) is 0 Å². The normalized spacial score (nSPS) is 24.1. The zero-order valence-corrected chi connectivity index (χ0v) is 9.54. The Bertz CT molecular complexity index is 409. The Morgan fingerprint density at radius 1 is 1.20 bits per heavy atom. The summed E-state index contributed by atoms with van der Waals surface area (Å²) in [5, 5.41) is -0.0855. The monoisotopic (exact) mass is 224 g/mol. The van der Waals surface area contributed by atoms with Crippen LogP contribution in [0.3, 0.4) is 0 Å². The smallest absolute Gasteiger partial charge is 0.153 e. The molecule has 1 saturated heterocycles. The van der Waals surface area contributed by atoms with Crippen LogP contribution >= 0.6 is 0 Å². The summed E-state index contributed by atoms with van der Waals surface area (Å²) in [4.78, 5) is 0. The van der Waals surface area contributed by atoms with Crippen LogP contribution in [0.1, 0.15) is 24.8 Å². The molecule has 2 rings (SSSR count). The van der Waals surface area contributed by atoms with Crippen LogP contribution < -0.4 is 0 Å². The van der Waals surface area contributed by atoms with Crippen molar-refractivity contribution in [2.24, 2.45) is 0 Å². The summed E-state index contributed by atoms with van der Waals surface area (Å²) in [6.07, 6.45) is 3.37. The van der Waals surface area contributed by atoms with E-state index in [2.05, 4.69) is 12.1 Å². The van der Waals surface area contributed by atoms with Crippen molar-refractivity contribution in [1.82, 2.24) is 0 Å². The van der Waals surface area contributed by atoms with Crippen LogP contribution in [-0.4, -0.2) is 19.4 Å². The van der Waals surface area contributed by atoms with Gasteiger partial charge >= 0.3 is 0 Å². The Labute approximate surface area is 91.2 Å². The van der Waals surface area contributed by atoms with Gasteiger partial charge in [0, 0.05) is 0 Å². The largest absolute Gasteiger partial charge is 0.229 e. The highest BCUT2D eigenvalue weighted by molar-refractivity contribution is 7.92. The molecule has 1 aliphatic heterocycles. The molecule has 1 fully saturated rings. The van der Waals surface area contributed by atoms with Crippen molar-refractivity contribution in [3.8, 4) is 0 Å². The first-order chi connectivity index (χ1) is 7.18. The molecule has 1 heterocycles. The van der Waals surface area contributed by atoms with E-state index in [4.69, 9.17) is 0 Å². The van der Waals surface area contributed by atoms with Crippen LogP contribution in [-0.2, 0) is 16.3 Å². The molecule has 3 heteroatoms. The molecule has 82 valence electrons. The van der Waals surface area contributed by atoms with Crippen LogP contribution in [0.25, 0.3) is 0 Å². The zero-order valence-electron chi connectivity index (χ0n) is 8.72. The van der Waals surface area contributed by atoms with Crippen LogP contribution in [0.4, 0.5) is 0 Å². The third-order valence-electron chi connectivity index (χ3n) is 3.06. The summed E-state index contributed by atoms with van der Waals surface area (Å²) in [5.41, 5.74) is 1.24. The zero-order chi connectivity index (χ0) is 10.7. The molecule has 0 amide bonds. The minimum absolute atomic E-state index is 0.0855. The molecular formula is C12H16O2S. The number of rotatable bonds is 3. The molecule has 1 aliphatic rings. The highest BCUT2D eigenvalue weighted by Crippen LogP contribution is 2.24. The predicted octanol–water partition coefficient (Wildman–Crippen LogP) is 2.20. The number of aryl methyl sites for hydroxylation is 1. The van der Waals surface area contributed by atoms with Gasteiger partial charge in [-0.2, -0.15) is 0 Å². The lowest BCUT2D eigenvalue weighted by Crippen LogP contribution is -2.16. The highest BCUT2D eigenvalue weighted by atomic mass is 32.2. The van der Waals surface area contributed by atoms with Gasteiger partial charge in [0.25, 0.3) is 0 Å². The molecule has 0 radical (unpaired) electrons. The molecule has 1 unspecified atom stereocenters. The maximum atomic E-state index is 11.6. The SMILES string of the molecule is O=S1(=O)CCCC1CCc1ccccc1. The van der Waals surface area contributed by atoms with E-state index >= 15 is 0 Å². The second-order valence-electron chi connectivity index (χ2n) is 4.16. The molecule has 1 aromatic rings. The van der Waals surface area contributed by atoms with Crippen molar-refractivity contribution < 1.29 is 8.42 Å². The summed E-state index contributed by atoms with van der Waals surface area (Å²) >= 11 is 0. The van der Waals surface area contributed by atoms with Gasteiger partial charge in [0.1, 0.15) is 0 Å². The van der Waals surface area contributed by atoms with Crippen molar-refractivity contribution in [2.45, 2.75) is 30.9 Å². The third-order valence-corrected chi connectivity index (χ3v) is 5.41. The summed E-state index contributed by atoms with van der Waals surface area (Å²) in [7, 11) is -2.76. The lowest BCUT2D eigenvalue weighted by molar-refractivity contribution is 0.582. The number of hydrogen-bond acceptors (Lipinski definition) is 2. The molecule has 0 saturated carbocycles. The summed E-state index contributed by atoms with van der Waals surface area (Å²) in [6.45, 7) is 0. The van der Waals surface area contributed by atoms with Crippen LogP contribution in [0.15, 0.2) is 30.3 Å². The van der Waals surface area contributed by atoms with Gasteiger partial charge in [0.15, 0.2) is 9.84 Å². The molecule has 2 nitrogen and oxygen atoms in total. The Kier molecular flexibility index (Phi) is 3.10. The Balaban J connectivity index is 1.94. The van der Waals surface area contributed by atoms with Gasteiger partial charge in [-0.05, 0) is 31.2 Å². The van der Waals surface area contributed by atoms with Crippen LogP contribution in [0, 0.1) is 0 Å². The molecule has 0 aliphatic carbocycles. The fourth-order valence-corrected chi connectivity index (χ4v) is 4.06. The molecule has 0 bridgehead atoms. The van der Waals surface area contributed by atoms with Gasteiger partial charge in [-0.3, -0.25) is 0 Å². The first kappa shape index (κ1) is 10.7. The second kappa shape index (κ2) is 4.35. The summed E-state index contributed by atoms with van der Waals surface area (Å²) in [6, 6.07) is 10.1. The molecule has 1 atom stereocenters. The maximum Gasteiger partial charge on any atom is 0.153 e. The molecule has 1 aromatic carbocycles. The Hall–Kier alpha value is -0.830. The lowest BCUT2D eigenvalue weighted by atomic mass is 10.1. The van der Waals surface area contributed by atoms with E-state index in [-0.39, 0.29) is 5.25 Å². The lowest BCUT2D eigenvalue weighted by Gasteiger charge is -2.08. The highest BCUT2D eigenvalue weighted by Gasteiger charge is 2.30. The van der Waals surface area contributed by atoms with E-state index in [1.54, 1.807) is 0 Å². The van der Waals surface area contributed by atoms with Crippen molar-refractivity contribution in [1.29, 1.82) is 0 Å². The minimum Gasteiger partial charge on any atom is -0.229 e. The van der Waals surface area contributed by atoms with E-state index < -0.39 is 9.84 Å². The van der Waals surface area contributed by atoms with Gasteiger partial charge < -0.3 is 0 Å². The van der Waals surface area contributed by atoms with E-state index in [0.717, 1.165) is 25.7 Å². The van der Waals surface area contributed by atoms with Crippen LogP contribution in [0.5, 0.6) is 0 Å². The number of hydrogen-bond donors (Lipinski definition) is 0. The minimum atomic E-state index is -2.76. The molecular weight excluding hydrogens is 208 g/mol. The van der Waals surface area contributed by atoms with Crippen molar-refractivity contribution >= 4 is 9.84 Å². The average molecular weight is 224 g/mol. The van der Waals surface area contributed by atoms with E-state index in [0.29, 0.717) is 5.75 Å². The number of benzene rings is 1. The standard InChI is InChI=1S/C12H16O2S/c13-15(14)10-4-7-12(15)9-8-11-5-2-1-3-6-11/h1-3,5-6,12H,4,7-10H2. The fourth-order valence-electron chi connectivity index (χ4n) is 2.15. The first-order valence-electron chi connectivity index (χ1n) is 5.44. The third kappa shape index (κ3) is 2.59. The van der Waals surface area contributed by atoms with Crippen molar-refractivity contribution in [2.75, 3.05) is 5.75 Å². The molecule has 0 N–H and O–H groups in total. The van der Waals surface area contributed by atoms with E-state index in [9.17, 15) is 8.42 Å². The molecule has 0 aromatic heterocycles. The van der Waals surface area contributed by atoms with Gasteiger partial charge in [0.05, 0.1) is 11.0 Å². The predicted molar refractivity (Wildman–Crippen MR) is 61.6 cm³/mol. The Morgan fingerprint density at radius 2 is 1.93 bits per heavy atom. The summed E-state index contributed by atoms with van der Waals surface area (Å²) < 4.78 is 23.2. The van der Waals surface area contributed by atoms with Crippen molar-refractivity contribution in [3.05, 3.63) is 35.9 Å². The average Bonchev–Trinajstić information content (AvgIpc) is 2.56. The quantitative estimate of drug-likeness (QED) is 0.788. The van der Waals surface area contributed by atoms with E-state index in [1.807, 2.05) is 18.2 Å². The molecule has 0 spiro atoms. The first-order valence-corrected chi connectivity index (χ1v) is 7.15. The summed E-state index contributed by atoms with van der Waals surface area (Å²) in [5.74, 6) is 0.395. The number of sulfone groups is 1. The van der Waals surface area contributed by atoms with Gasteiger partial charge in [0.2, 0.25) is 0 Å². The second-order valence-corrected chi connectivity index (χ2v) is 6.56. The van der Waals surface area contributed by atoms with Crippen molar-refractivity contribution in [3.63, 3.8) is 0 Å². The molecule has 15 heavy (non-hydrogen) atoms. The van der Waals surface area contributed by atoms with Gasteiger partial charge in [-0.25, -0.2) is 8.42 Å². The maximum absolute atomic E-state index is 11.6. The Morgan fingerprint density at radius 3 is 2.53 bits per heavy atom. The van der Waals surface area contributed by atoms with E-state index in [1.165, 1.54) is 5.56 Å². The van der Waals surface area contributed by atoms with Gasteiger partial charge in [-0.1, -0.05) is 30.3 Å². The topological polar surface area (TPSA) is 34.1 Å².